The fourth-order valence-corrected chi connectivity index (χ4v) is 4.14. The highest BCUT2D eigenvalue weighted by Crippen LogP contribution is 2.36. The summed E-state index contributed by atoms with van der Waals surface area (Å²) in [7, 11) is 1.65. The van der Waals surface area contributed by atoms with Gasteiger partial charge in [0.15, 0.2) is 11.5 Å². The second-order valence-electron chi connectivity index (χ2n) is 7.77. The highest BCUT2D eigenvalue weighted by Gasteiger charge is 2.26. The third kappa shape index (κ3) is 4.61. The van der Waals surface area contributed by atoms with E-state index in [9.17, 15) is 9.18 Å². The molecule has 1 saturated heterocycles. The molecule has 4 nitrogen and oxygen atoms in total. The summed E-state index contributed by atoms with van der Waals surface area (Å²) in [5.74, 6) is 1.22. The van der Waals surface area contributed by atoms with Crippen molar-refractivity contribution in [1.29, 1.82) is 0 Å². The maximum atomic E-state index is 13.5. The normalized spacial score (nSPS) is 21.2. The molecule has 29 heavy (non-hydrogen) atoms. The van der Waals surface area contributed by atoms with Crippen LogP contribution in [0.15, 0.2) is 48.0 Å². The Morgan fingerprint density at radius 1 is 1.10 bits per heavy atom. The predicted molar refractivity (Wildman–Crippen MR) is 111 cm³/mol. The van der Waals surface area contributed by atoms with E-state index in [-0.39, 0.29) is 23.7 Å². The summed E-state index contributed by atoms with van der Waals surface area (Å²) in [4.78, 5) is 12.3. The van der Waals surface area contributed by atoms with Gasteiger partial charge < -0.3 is 14.8 Å². The summed E-state index contributed by atoms with van der Waals surface area (Å²) < 4.78 is 25.2. The molecule has 2 aliphatic rings. The Morgan fingerprint density at radius 3 is 2.69 bits per heavy atom. The van der Waals surface area contributed by atoms with E-state index in [1.165, 1.54) is 25.0 Å². The van der Waals surface area contributed by atoms with Crippen LogP contribution in [0.5, 0.6) is 11.5 Å². The van der Waals surface area contributed by atoms with Crippen LogP contribution in [0.3, 0.4) is 0 Å². The van der Waals surface area contributed by atoms with Crippen LogP contribution in [0, 0.1) is 5.82 Å². The van der Waals surface area contributed by atoms with E-state index < -0.39 is 0 Å². The van der Waals surface area contributed by atoms with Crippen LogP contribution in [0.4, 0.5) is 4.39 Å². The molecule has 2 fully saturated rings. The molecule has 1 N–H and O–H groups in total. The number of carbonyl (C=O) groups is 1. The van der Waals surface area contributed by atoms with Gasteiger partial charge in [0.05, 0.1) is 13.2 Å². The van der Waals surface area contributed by atoms with Gasteiger partial charge in [0, 0.05) is 18.0 Å². The highest BCUT2D eigenvalue weighted by atomic mass is 19.1. The fourth-order valence-electron chi connectivity index (χ4n) is 4.14. The fraction of sp³-hybridized carbons (Fsp3) is 0.375. The molecule has 1 aliphatic carbocycles. The number of amides is 1. The number of rotatable bonds is 5. The lowest BCUT2D eigenvalue weighted by Gasteiger charge is -2.26. The van der Waals surface area contributed by atoms with Crippen LogP contribution in [0.2, 0.25) is 0 Å². The SMILES string of the molecule is COc1ccc(C2CNC(=O)C(=Cc3cccc(F)c3)C2)cc1OC1CCCC1. The van der Waals surface area contributed by atoms with Gasteiger partial charge in [-0.2, -0.15) is 0 Å². The van der Waals surface area contributed by atoms with Crippen LogP contribution in [0.1, 0.15) is 49.1 Å². The van der Waals surface area contributed by atoms with Gasteiger partial charge >= 0.3 is 0 Å². The molecular formula is C24H26FNO3. The van der Waals surface area contributed by atoms with Crippen molar-refractivity contribution in [3.8, 4) is 11.5 Å². The average molecular weight is 395 g/mol. The number of hydrogen-bond donors (Lipinski definition) is 1. The molecule has 0 spiro atoms. The molecule has 0 bridgehead atoms. The maximum absolute atomic E-state index is 13.5. The minimum Gasteiger partial charge on any atom is -0.493 e. The zero-order valence-corrected chi connectivity index (χ0v) is 16.6. The van der Waals surface area contributed by atoms with Crippen molar-refractivity contribution in [1.82, 2.24) is 5.32 Å². The Morgan fingerprint density at radius 2 is 1.93 bits per heavy atom. The zero-order chi connectivity index (χ0) is 20.2. The first kappa shape index (κ1) is 19.5. The predicted octanol–water partition coefficient (Wildman–Crippen LogP) is 4.84. The summed E-state index contributed by atoms with van der Waals surface area (Å²) in [6.45, 7) is 0.564. The van der Waals surface area contributed by atoms with Gasteiger partial charge in [0.2, 0.25) is 5.91 Å². The minimum atomic E-state index is -0.309. The number of piperidine rings is 1. The lowest BCUT2D eigenvalue weighted by Crippen LogP contribution is -2.35. The maximum Gasteiger partial charge on any atom is 0.247 e. The van der Waals surface area contributed by atoms with Gasteiger partial charge in [-0.15, -0.1) is 0 Å². The van der Waals surface area contributed by atoms with Crippen molar-refractivity contribution in [3.63, 3.8) is 0 Å². The number of ether oxygens (including phenoxy) is 2. The number of halogens is 1. The molecule has 1 heterocycles. The number of benzene rings is 2. The van der Waals surface area contributed by atoms with Crippen molar-refractivity contribution in [3.05, 3.63) is 65.0 Å². The second kappa shape index (κ2) is 8.68. The van der Waals surface area contributed by atoms with Crippen molar-refractivity contribution in [2.45, 2.75) is 44.1 Å². The molecule has 0 aromatic heterocycles. The lowest BCUT2D eigenvalue weighted by molar-refractivity contribution is -0.118. The molecule has 1 aliphatic heterocycles. The molecule has 2 aromatic rings. The summed E-state index contributed by atoms with van der Waals surface area (Å²) in [5, 5.41) is 2.96. The van der Waals surface area contributed by atoms with Gasteiger partial charge in [-0.3, -0.25) is 4.79 Å². The van der Waals surface area contributed by atoms with Gasteiger partial charge in [-0.25, -0.2) is 4.39 Å². The molecule has 4 rings (SSSR count). The monoisotopic (exact) mass is 395 g/mol. The molecule has 0 radical (unpaired) electrons. The Balaban J connectivity index is 1.56. The quantitative estimate of drug-likeness (QED) is 0.737. The van der Waals surface area contributed by atoms with Gasteiger partial charge in [0.1, 0.15) is 5.82 Å². The second-order valence-corrected chi connectivity index (χ2v) is 7.77. The minimum absolute atomic E-state index is 0.0959. The van der Waals surface area contributed by atoms with E-state index in [0.29, 0.717) is 24.1 Å². The molecule has 1 unspecified atom stereocenters. The van der Waals surface area contributed by atoms with Gasteiger partial charge in [0.25, 0.3) is 0 Å². The lowest BCUT2D eigenvalue weighted by atomic mass is 9.87. The molecule has 1 atom stereocenters. The van der Waals surface area contributed by atoms with E-state index in [1.807, 2.05) is 18.2 Å². The number of methoxy groups -OCH3 is 1. The summed E-state index contributed by atoms with van der Waals surface area (Å²) in [6.07, 6.45) is 7.17. The Bertz CT molecular complexity index is 918. The van der Waals surface area contributed by atoms with E-state index in [1.54, 1.807) is 25.3 Å². The van der Waals surface area contributed by atoms with Crippen molar-refractivity contribution < 1.29 is 18.7 Å². The number of hydrogen-bond acceptors (Lipinski definition) is 3. The first-order valence-corrected chi connectivity index (χ1v) is 10.2. The van der Waals surface area contributed by atoms with Gasteiger partial charge in [-0.05, 0) is 73.6 Å². The molecule has 2 aromatic carbocycles. The zero-order valence-electron chi connectivity index (χ0n) is 16.6. The summed E-state index contributed by atoms with van der Waals surface area (Å²) in [6, 6.07) is 12.3. The van der Waals surface area contributed by atoms with Crippen LogP contribution in [-0.4, -0.2) is 25.7 Å². The van der Waals surface area contributed by atoms with Gasteiger partial charge in [-0.1, -0.05) is 18.2 Å². The Kier molecular flexibility index (Phi) is 5.84. The molecule has 152 valence electrons. The Hall–Kier alpha value is -2.82. The molecule has 5 heteroatoms. The van der Waals surface area contributed by atoms with Crippen LogP contribution < -0.4 is 14.8 Å². The van der Waals surface area contributed by atoms with E-state index >= 15 is 0 Å². The summed E-state index contributed by atoms with van der Waals surface area (Å²) in [5.41, 5.74) is 2.45. The largest absolute Gasteiger partial charge is 0.493 e. The van der Waals surface area contributed by atoms with Crippen molar-refractivity contribution in [2.24, 2.45) is 0 Å². The van der Waals surface area contributed by atoms with Crippen molar-refractivity contribution in [2.75, 3.05) is 13.7 Å². The van der Waals surface area contributed by atoms with E-state index in [0.717, 1.165) is 29.9 Å². The highest BCUT2D eigenvalue weighted by molar-refractivity contribution is 5.98. The van der Waals surface area contributed by atoms with Crippen LogP contribution in [-0.2, 0) is 4.79 Å². The van der Waals surface area contributed by atoms with Crippen molar-refractivity contribution >= 4 is 12.0 Å². The first-order chi connectivity index (χ1) is 14.1. The van der Waals surface area contributed by atoms with E-state index in [4.69, 9.17) is 9.47 Å². The summed E-state index contributed by atoms with van der Waals surface area (Å²) >= 11 is 0. The number of nitrogens with one attached hydrogen (secondary N) is 1. The smallest absolute Gasteiger partial charge is 0.247 e. The first-order valence-electron chi connectivity index (χ1n) is 10.2. The third-order valence-electron chi connectivity index (χ3n) is 5.71. The van der Waals surface area contributed by atoms with Crippen LogP contribution in [0.25, 0.3) is 6.08 Å². The molecule has 1 saturated carbocycles. The number of carbonyl (C=O) groups excluding carboxylic acids is 1. The standard InChI is InChI=1S/C24H26FNO3/c1-28-22-10-9-17(14-23(22)29-21-7-2-3-8-21)19-13-18(24(27)26-15-19)11-16-5-4-6-20(25)12-16/h4-6,9-12,14,19,21H,2-3,7-8,13,15H2,1H3,(H,26,27). The topological polar surface area (TPSA) is 47.6 Å². The third-order valence-corrected chi connectivity index (χ3v) is 5.71. The molecule has 1 amide bonds. The van der Waals surface area contributed by atoms with E-state index in [2.05, 4.69) is 5.32 Å². The van der Waals surface area contributed by atoms with Crippen LogP contribution >= 0.6 is 0 Å². The Labute approximate surface area is 170 Å². The average Bonchev–Trinajstić information content (AvgIpc) is 3.23. The molecular weight excluding hydrogens is 369 g/mol.